The molecule has 0 saturated carbocycles. The van der Waals surface area contributed by atoms with Crippen LogP contribution in [0.1, 0.15) is 32.3 Å². The summed E-state index contributed by atoms with van der Waals surface area (Å²) in [7, 11) is 0. The lowest BCUT2D eigenvalue weighted by Crippen LogP contribution is -2.13. The van der Waals surface area contributed by atoms with Crippen molar-refractivity contribution in [2.45, 2.75) is 26.7 Å². The minimum atomic E-state index is 0.0953. The molecule has 3 N–H and O–H groups in total. The zero-order valence-electron chi connectivity index (χ0n) is 10.1. The lowest BCUT2D eigenvalue weighted by molar-refractivity contribution is 0.311. The zero-order valence-corrected chi connectivity index (χ0v) is 10.1. The van der Waals surface area contributed by atoms with Gasteiger partial charge in [-0.25, -0.2) is 9.97 Å². The first kappa shape index (κ1) is 12.7. The van der Waals surface area contributed by atoms with E-state index in [1.165, 1.54) is 6.33 Å². The quantitative estimate of drug-likeness (QED) is 0.682. The number of nitrogens with zero attached hydrogens (tertiary/aromatic N) is 2. The predicted octanol–water partition coefficient (Wildman–Crippen LogP) is 1.44. The number of nitrogens with one attached hydrogen (secondary N) is 2. The van der Waals surface area contributed by atoms with Crippen LogP contribution in [0.15, 0.2) is 6.33 Å². The minimum absolute atomic E-state index is 0.0953. The molecule has 0 spiro atoms. The molecule has 1 aromatic heterocycles. The topological polar surface area (TPSA) is 70.1 Å². The zero-order chi connectivity index (χ0) is 12.0. The smallest absolute Gasteiger partial charge is 0.135 e. The van der Waals surface area contributed by atoms with Gasteiger partial charge in [0, 0.05) is 18.7 Å². The maximum atomic E-state index is 8.81. The van der Waals surface area contributed by atoms with Crippen LogP contribution in [-0.2, 0) is 0 Å². The molecule has 1 rings (SSSR count). The molecule has 0 radical (unpaired) electrons. The first-order valence-corrected chi connectivity index (χ1v) is 5.64. The van der Waals surface area contributed by atoms with E-state index in [-0.39, 0.29) is 6.61 Å². The second-order valence-electron chi connectivity index (χ2n) is 3.82. The highest BCUT2D eigenvalue weighted by Crippen LogP contribution is 2.27. The molecule has 0 fully saturated rings. The maximum absolute atomic E-state index is 8.81. The van der Waals surface area contributed by atoms with Crippen LogP contribution in [0.5, 0.6) is 0 Å². The lowest BCUT2D eigenvalue weighted by Gasteiger charge is -2.16. The second-order valence-corrected chi connectivity index (χ2v) is 3.82. The molecule has 0 amide bonds. The van der Waals surface area contributed by atoms with Crippen molar-refractivity contribution in [1.82, 2.24) is 9.97 Å². The van der Waals surface area contributed by atoms with Crippen molar-refractivity contribution in [3.05, 3.63) is 11.9 Å². The van der Waals surface area contributed by atoms with E-state index in [0.717, 1.165) is 23.7 Å². The normalized spacial score (nSPS) is 10.6. The number of aliphatic hydroxyl groups excluding tert-OH is 1. The van der Waals surface area contributed by atoms with E-state index in [4.69, 9.17) is 5.11 Å². The summed E-state index contributed by atoms with van der Waals surface area (Å²) in [6, 6.07) is 0. The first-order chi connectivity index (χ1) is 7.70. The number of hydrogen-bond donors (Lipinski definition) is 3. The summed E-state index contributed by atoms with van der Waals surface area (Å²) in [6.07, 6.45) is 1.53. The van der Waals surface area contributed by atoms with E-state index < -0.39 is 0 Å². The molecule has 0 aliphatic carbocycles. The molecule has 16 heavy (non-hydrogen) atoms. The molecule has 0 aliphatic heterocycles. The molecule has 0 aliphatic rings. The van der Waals surface area contributed by atoms with Crippen molar-refractivity contribution >= 4 is 11.6 Å². The van der Waals surface area contributed by atoms with E-state index in [1.807, 2.05) is 6.92 Å². The van der Waals surface area contributed by atoms with Gasteiger partial charge in [0.25, 0.3) is 0 Å². The molecule has 1 aromatic rings. The predicted molar refractivity (Wildman–Crippen MR) is 65.9 cm³/mol. The third-order valence-corrected chi connectivity index (χ3v) is 2.21. The summed E-state index contributed by atoms with van der Waals surface area (Å²) in [6.45, 7) is 7.66. The van der Waals surface area contributed by atoms with Gasteiger partial charge in [-0.2, -0.15) is 0 Å². The van der Waals surface area contributed by atoms with Gasteiger partial charge < -0.3 is 15.7 Å². The summed E-state index contributed by atoms with van der Waals surface area (Å²) in [5, 5.41) is 15.1. The molecule has 0 aromatic carbocycles. The van der Waals surface area contributed by atoms with Crippen LogP contribution in [0.2, 0.25) is 0 Å². The van der Waals surface area contributed by atoms with Gasteiger partial charge in [-0.05, 0) is 12.8 Å². The van der Waals surface area contributed by atoms with Crippen LogP contribution in [-0.4, -0.2) is 34.8 Å². The summed E-state index contributed by atoms with van der Waals surface area (Å²) < 4.78 is 0. The maximum Gasteiger partial charge on any atom is 0.135 e. The Bertz CT molecular complexity index is 328. The van der Waals surface area contributed by atoms with Crippen molar-refractivity contribution in [1.29, 1.82) is 0 Å². The van der Waals surface area contributed by atoms with Gasteiger partial charge in [0.1, 0.15) is 18.0 Å². The largest absolute Gasteiger partial charge is 0.395 e. The van der Waals surface area contributed by atoms with Crippen molar-refractivity contribution in [2.24, 2.45) is 0 Å². The van der Waals surface area contributed by atoms with Gasteiger partial charge >= 0.3 is 0 Å². The van der Waals surface area contributed by atoms with Crippen LogP contribution in [0.3, 0.4) is 0 Å². The Morgan fingerprint density at radius 1 is 1.25 bits per heavy atom. The van der Waals surface area contributed by atoms with Crippen LogP contribution < -0.4 is 10.6 Å². The third kappa shape index (κ3) is 3.06. The summed E-state index contributed by atoms with van der Waals surface area (Å²) in [5.41, 5.74) is 1.07. The molecular weight excluding hydrogens is 204 g/mol. The fourth-order valence-electron chi connectivity index (χ4n) is 1.57. The van der Waals surface area contributed by atoms with Crippen molar-refractivity contribution < 1.29 is 5.11 Å². The summed E-state index contributed by atoms with van der Waals surface area (Å²) in [5.74, 6) is 2.00. The summed E-state index contributed by atoms with van der Waals surface area (Å²) in [4.78, 5) is 8.44. The van der Waals surface area contributed by atoms with Crippen LogP contribution in [0.4, 0.5) is 11.6 Å². The Kier molecular flexibility index (Phi) is 4.98. The Morgan fingerprint density at radius 3 is 2.38 bits per heavy atom. The van der Waals surface area contributed by atoms with Crippen LogP contribution >= 0.6 is 0 Å². The SMILES string of the molecule is CCNc1ncnc(NCCO)c1C(C)C. The fraction of sp³-hybridized carbons (Fsp3) is 0.636. The fourth-order valence-corrected chi connectivity index (χ4v) is 1.57. The monoisotopic (exact) mass is 224 g/mol. The standard InChI is InChI=1S/C11H20N4O/c1-4-12-10-9(8(2)3)11(13-5-6-16)15-7-14-10/h7-8,16H,4-6H2,1-3H3,(H2,12,13,14,15). The van der Waals surface area contributed by atoms with Crippen LogP contribution in [0, 0.1) is 0 Å². The Hall–Kier alpha value is -1.36. The average Bonchev–Trinajstić information content (AvgIpc) is 2.26. The van der Waals surface area contributed by atoms with E-state index in [1.54, 1.807) is 0 Å². The van der Waals surface area contributed by atoms with E-state index in [2.05, 4.69) is 34.4 Å². The summed E-state index contributed by atoms with van der Waals surface area (Å²) >= 11 is 0. The highest BCUT2D eigenvalue weighted by molar-refractivity contribution is 5.58. The number of rotatable bonds is 6. The molecule has 0 atom stereocenters. The Labute approximate surface area is 96.3 Å². The van der Waals surface area contributed by atoms with Gasteiger partial charge in [0.05, 0.1) is 6.61 Å². The number of anilines is 2. The molecule has 90 valence electrons. The Balaban J connectivity index is 3.00. The lowest BCUT2D eigenvalue weighted by atomic mass is 10.0. The van der Waals surface area contributed by atoms with Gasteiger partial charge in [-0.3, -0.25) is 0 Å². The number of hydrogen-bond acceptors (Lipinski definition) is 5. The van der Waals surface area contributed by atoms with Gasteiger partial charge in [-0.15, -0.1) is 0 Å². The van der Waals surface area contributed by atoms with Crippen LogP contribution in [0.25, 0.3) is 0 Å². The number of aromatic nitrogens is 2. The average molecular weight is 224 g/mol. The molecule has 5 heteroatoms. The van der Waals surface area contributed by atoms with Gasteiger partial charge in [-0.1, -0.05) is 13.8 Å². The molecular formula is C11H20N4O. The van der Waals surface area contributed by atoms with Gasteiger partial charge in [0.15, 0.2) is 0 Å². The van der Waals surface area contributed by atoms with Gasteiger partial charge in [0.2, 0.25) is 0 Å². The molecule has 1 heterocycles. The van der Waals surface area contributed by atoms with Crippen molar-refractivity contribution in [2.75, 3.05) is 30.3 Å². The molecule has 5 nitrogen and oxygen atoms in total. The van der Waals surface area contributed by atoms with Crippen molar-refractivity contribution in [3.63, 3.8) is 0 Å². The highest BCUT2D eigenvalue weighted by Gasteiger charge is 2.13. The molecule has 0 saturated heterocycles. The van der Waals surface area contributed by atoms with Crippen molar-refractivity contribution in [3.8, 4) is 0 Å². The second kappa shape index (κ2) is 6.27. The molecule has 0 bridgehead atoms. The molecule has 0 unspecified atom stereocenters. The minimum Gasteiger partial charge on any atom is -0.395 e. The van der Waals surface area contributed by atoms with E-state index in [9.17, 15) is 0 Å². The van der Waals surface area contributed by atoms with E-state index >= 15 is 0 Å². The highest BCUT2D eigenvalue weighted by atomic mass is 16.3. The third-order valence-electron chi connectivity index (χ3n) is 2.21. The Morgan fingerprint density at radius 2 is 1.88 bits per heavy atom. The van der Waals surface area contributed by atoms with E-state index in [0.29, 0.717) is 12.5 Å². The first-order valence-electron chi connectivity index (χ1n) is 5.64. The number of aliphatic hydroxyl groups is 1.